The standard InChI is InChI=1S/C15H25O3/c1-3-13(11-17-7-1)15-14(4-2-8-18-15)12-5-9-16-10-6-12/h12-14H,1-11H2. The van der Waals surface area contributed by atoms with Crippen LogP contribution in [0.1, 0.15) is 38.5 Å². The molecular formula is C15H25O3. The van der Waals surface area contributed by atoms with E-state index in [-0.39, 0.29) is 0 Å². The second kappa shape index (κ2) is 6.36. The van der Waals surface area contributed by atoms with Crippen LogP contribution >= 0.6 is 0 Å². The molecule has 0 amide bonds. The molecule has 0 aliphatic carbocycles. The topological polar surface area (TPSA) is 27.7 Å². The highest BCUT2D eigenvalue weighted by Crippen LogP contribution is 2.43. The molecule has 18 heavy (non-hydrogen) atoms. The van der Waals surface area contributed by atoms with Gasteiger partial charge in [0.25, 0.3) is 0 Å². The highest BCUT2D eigenvalue weighted by Gasteiger charge is 2.39. The van der Waals surface area contributed by atoms with Crippen LogP contribution in [0.3, 0.4) is 0 Å². The third kappa shape index (κ3) is 2.89. The highest BCUT2D eigenvalue weighted by molar-refractivity contribution is 4.99. The molecule has 3 saturated heterocycles. The normalized spacial score (nSPS) is 36.7. The molecule has 0 aromatic carbocycles. The average molecular weight is 253 g/mol. The fraction of sp³-hybridized carbons (Fsp3) is 0.933. The van der Waals surface area contributed by atoms with Crippen LogP contribution in [0.4, 0.5) is 0 Å². The van der Waals surface area contributed by atoms with Gasteiger partial charge in [0.1, 0.15) is 6.10 Å². The maximum absolute atomic E-state index is 6.08. The lowest BCUT2D eigenvalue weighted by Gasteiger charge is -2.42. The lowest BCUT2D eigenvalue weighted by molar-refractivity contribution is -0.0545. The molecule has 103 valence electrons. The molecule has 3 rings (SSSR count). The largest absolute Gasteiger partial charge is 0.381 e. The summed E-state index contributed by atoms with van der Waals surface area (Å²) in [5.41, 5.74) is 0. The summed E-state index contributed by atoms with van der Waals surface area (Å²) < 4.78 is 17.2. The number of hydrogen-bond acceptors (Lipinski definition) is 3. The molecule has 0 aromatic rings. The number of rotatable bonds is 2. The molecule has 2 atom stereocenters. The zero-order valence-corrected chi connectivity index (χ0v) is 11.2. The van der Waals surface area contributed by atoms with Gasteiger partial charge >= 0.3 is 0 Å². The summed E-state index contributed by atoms with van der Waals surface area (Å²) in [6.45, 7) is 4.62. The molecule has 3 aliphatic heterocycles. The van der Waals surface area contributed by atoms with E-state index in [1.54, 1.807) is 0 Å². The van der Waals surface area contributed by atoms with Crippen molar-refractivity contribution in [2.24, 2.45) is 17.8 Å². The second-order valence-electron chi connectivity index (χ2n) is 5.86. The van der Waals surface area contributed by atoms with Gasteiger partial charge in [0.05, 0.1) is 6.61 Å². The van der Waals surface area contributed by atoms with Crippen LogP contribution in [0.25, 0.3) is 0 Å². The quantitative estimate of drug-likeness (QED) is 0.757. The predicted molar refractivity (Wildman–Crippen MR) is 69.0 cm³/mol. The molecule has 0 N–H and O–H groups in total. The number of ether oxygens (including phenoxy) is 3. The van der Waals surface area contributed by atoms with Crippen molar-refractivity contribution in [3.8, 4) is 0 Å². The van der Waals surface area contributed by atoms with Crippen molar-refractivity contribution in [1.82, 2.24) is 0 Å². The Morgan fingerprint density at radius 3 is 2.39 bits per heavy atom. The van der Waals surface area contributed by atoms with Crippen molar-refractivity contribution >= 4 is 0 Å². The van der Waals surface area contributed by atoms with Gasteiger partial charge in [-0.25, -0.2) is 0 Å². The van der Waals surface area contributed by atoms with Crippen molar-refractivity contribution in [3.63, 3.8) is 0 Å². The highest BCUT2D eigenvalue weighted by atomic mass is 16.5. The molecule has 0 spiro atoms. The summed E-state index contributed by atoms with van der Waals surface area (Å²) >= 11 is 0. The lowest BCUT2D eigenvalue weighted by atomic mass is 9.73. The van der Waals surface area contributed by atoms with Crippen LogP contribution < -0.4 is 0 Å². The maximum atomic E-state index is 6.08. The van der Waals surface area contributed by atoms with Gasteiger partial charge in [-0.2, -0.15) is 0 Å². The van der Waals surface area contributed by atoms with Gasteiger partial charge < -0.3 is 14.2 Å². The van der Waals surface area contributed by atoms with E-state index in [0.717, 1.165) is 39.0 Å². The van der Waals surface area contributed by atoms with Crippen LogP contribution in [0, 0.1) is 23.9 Å². The smallest absolute Gasteiger partial charge is 0.106 e. The monoisotopic (exact) mass is 253 g/mol. The Kier molecular flexibility index (Phi) is 4.55. The molecular weight excluding hydrogens is 228 g/mol. The van der Waals surface area contributed by atoms with Crippen molar-refractivity contribution < 1.29 is 14.2 Å². The Bertz CT molecular complexity index is 218. The summed E-state index contributed by atoms with van der Waals surface area (Å²) in [7, 11) is 0. The van der Waals surface area contributed by atoms with E-state index in [4.69, 9.17) is 14.2 Å². The zero-order valence-electron chi connectivity index (χ0n) is 11.2. The molecule has 2 unspecified atom stereocenters. The van der Waals surface area contributed by atoms with E-state index in [1.807, 2.05) is 0 Å². The minimum atomic E-state index is 0.562. The summed E-state index contributed by atoms with van der Waals surface area (Å²) in [5, 5.41) is 0. The molecule has 1 radical (unpaired) electrons. The maximum Gasteiger partial charge on any atom is 0.106 e. The molecule has 0 aromatic heterocycles. The fourth-order valence-corrected chi connectivity index (χ4v) is 3.71. The Hall–Kier alpha value is -0.120. The summed E-state index contributed by atoms with van der Waals surface area (Å²) in [6.07, 6.45) is 8.80. The Morgan fingerprint density at radius 1 is 0.778 bits per heavy atom. The molecule has 3 heterocycles. The first kappa shape index (κ1) is 12.9. The third-order valence-electron chi connectivity index (χ3n) is 4.69. The van der Waals surface area contributed by atoms with E-state index < -0.39 is 0 Å². The molecule has 3 fully saturated rings. The first-order valence-electron chi connectivity index (χ1n) is 7.60. The van der Waals surface area contributed by atoms with E-state index >= 15 is 0 Å². The van der Waals surface area contributed by atoms with E-state index in [2.05, 4.69) is 0 Å². The van der Waals surface area contributed by atoms with Crippen LogP contribution in [-0.2, 0) is 14.2 Å². The lowest BCUT2D eigenvalue weighted by Crippen LogP contribution is -2.38. The SMILES string of the molecule is C1COCC([C]2OCCCC2C2CCOCC2)C1. The molecule has 3 aliphatic rings. The van der Waals surface area contributed by atoms with Crippen molar-refractivity contribution in [1.29, 1.82) is 0 Å². The molecule has 3 nitrogen and oxygen atoms in total. The summed E-state index contributed by atoms with van der Waals surface area (Å²) in [5.74, 6) is 2.03. The Morgan fingerprint density at radius 2 is 1.61 bits per heavy atom. The Labute approximate surface area is 110 Å². The minimum absolute atomic E-state index is 0.562. The van der Waals surface area contributed by atoms with Crippen molar-refractivity contribution in [3.05, 3.63) is 6.10 Å². The minimum Gasteiger partial charge on any atom is -0.381 e. The van der Waals surface area contributed by atoms with Crippen molar-refractivity contribution in [2.45, 2.75) is 38.5 Å². The molecule has 0 saturated carbocycles. The first-order chi connectivity index (χ1) is 8.95. The Balaban J connectivity index is 1.64. The van der Waals surface area contributed by atoms with Gasteiger partial charge in [-0.05, 0) is 50.4 Å². The van der Waals surface area contributed by atoms with Crippen molar-refractivity contribution in [2.75, 3.05) is 33.0 Å². The van der Waals surface area contributed by atoms with Crippen LogP contribution in [0.2, 0.25) is 0 Å². The fourth-order valence-electron chi connectivity index (χ4n) is 3.71. The van der Waals surface area contributed by atoms with Gasteiger partial charge in [-0.1, -0.05) is 0 Å². The van der Waals surface area contributed by atoms with Gasteiger partial charge in [0.15, 0.2) is 0 Å². The average Bonchev–Trinajstić information content (AvgIpc) is 2.49. The third-order valence-corrected chi connectivity index (χ3v) is 4.69. The van der Waals surface area contributed by atoms with Gasteiger partial charge in [0.2, 0.25) is 0 Å². The zero-order chi connectivity index (χ0) is 12.2. The summed E-state index contributed by atoms with van der Waals surface area (Å²) in [4.78, 5) is 0. The summed E-state index contributed by atoms with van der Waals surface area (Å²) in [6, 6.07) is 0. The van der Waals surface area contributed by atoms with E-state index in [1.165, 1.54) is 44.6 Å². The van der Waals surface area contributed by atoms with E-state index in [9.17, 15) is 0 Å². The first-order valence-corrected chi connectivity index (χ1v) is 7.60. The van der Waals surface area contributed by atoms with E-state index in [0.29, 0.717) is 11.8 Å². The van der Waals surface area contributed by atoms with Crippen LogP contribution in [0.5, 0.6) is 0 Å². The van der Waals surface area contributed by atoms with Gasteiger partial charge in [-0.3, -0.25) is 0 Å². The van der Waals surface area contributed by atoms with Crippen LogP contribution in [-0.4, -0.2) is 33.0 Å². The molecule has 0 bridgehead atoms. The van der Waals surface area contributed by atoms with Gasteiger partial charge in [-0.15, -0.1) is 0 Å². The molecule has 3 heteroatoms. The predicted octanol–water partition coefficient (Wildman–Crippen LogP) is 2.80. The number of hydrogen-bond donors (Lipinski definition) is 0. The van der Waals surface area contributed by atoms with Gasteiger partial charge in [0, 0.05) is 32.3 Å². The second-order valence-corrected chi connectivity index (χ2v) is 5.86. The van der Waals surface area contributed by atoms with Crippen LogP contribution in [0.15, 0.2) is 0 Å².